The van der Waals surface area contributed by atoms with Crippen molar-refractivity contribution in [2.75, 3.05) is 0 Å². The molecule has 1 aromatic rings. The first kappa shape index (κ1) is 15.7. The molecule has 1 atom stereocenters. The molecular weight excluding hydrogens is 283 g/mol. The van der Waals surface area contributed by atoms with Gasteiger partial charge in [-0.1, -0.05) is 37.3 Å². The molecule has 1 aliphatic heterocycles. The van der Waals surface area contributed by atoms with E-state index in [0.717, 1.165) is 0 Å². The maximum absolute atomic E-state index is 6.50. The van der Waals surface area contributed by atoms with Crippen LogP contribution in [0.4, 0.5) is 0 Å². The predicted octanol–water partition coefficient (Wildman–Crippen LogP) is 4.98. The molecule has 2 saturated carbocycles. The van der Waals surface area contributed by atoms with Crippen LogP contribution < -0.4 is 0 Å². The van der Waals surface area contributed by atoms with Crippen LogP contribution in [0.3, 0.4) is 0 Å². The molecule has 0 N–H and O–H groups in total. The van der Waals surface area contributed by atoms with Gasteiger partial charge >= 0.3 is 7.12 Å². The van der Waals surface area contributed by atoms with Crippen molar-refractivity contribution < 1.29 is 9.31 Å². The van der Waals surface area contributed by atoms with Gasteiger partial charge in [-0.3, -0.25) is 0 Å². The second-order valence-corrected chi connectivity index (χ2v) is 9.07. The molecule has 2 nitrogen and oxygen atoms in total. The van der Waals surface area contributed by atoms with Gasteiger partial charge in [-0.25, -0.2) is 0 Å². The molecule has 2 aliphatic carbocycles. The lowest BCUT2D eigenvalue weighted by atomic mass is 9.52. The Hall–Kier alpha value is -0.795. The van der Waals surface area contributed by atoms with Gasteiger partial charge < -0.3 is 9.31 Å². The summed E-state index contributed by atoms with van der Waals surface area (Å²) in [5, 5.41) is 0.181. The van der Waals surface area contributed by atoms with Gasteiger partial charge in [0.2, 0.25) is 0 Å². The highest BCUT2D eigenvalue weighted by molar-refractivity contribution is 6.50. The molecule has 4 rings (SSSR count). The Balaban J connectivity index is 1.68. The van der Waals surface area contributed by atoms with Crippen molar-refractivity contribution in [1.82, 2.24) is 0 Å². The summed E-state index contributed by atoms with van der Waals surface area (Å²) in [6.07, 6.45) is 4.98. The van der Waals surface area contributed by atoms with E-state index in [0.29, 0.717) is 11.3 Å². The first-order valence-electron chi connectivity index (χ1n) is 9.15. The molecule has 0 radical (unpaired) electrons. The zero-order valence-electron chi connectivity index (χ0n) is 15.2. The normalized spacial score (nSPS) is 40.7. The van der Waals surface area contributed by atoms with E-state index >= 15 is 0 Å². The van der Waals surface area contributed by atoms with Crippen LogP contribution in [0.1, 0.15) is 65.9 Å². The van der Waals surface area contributed by atoms with Crippen molar-refractivity contribution in [3.05, 3.63) is 35.9 Å². The molecule has 23 heavy (non-hydrogen) atoms. The minimum Gasteiger partial charge on any atom is -0.403 e. The zero-order chi connectivity index (χ0) is 16.5. The van der Waals surface area contributed by atoms with Gasteiger partial charge in [0, 0.05) is 5.31 Å². The average Bonchev–Trinajstić information content (AvgIpc) is 3.05. The van der Waals surface area contributed by atoms with Gasteiger partial charge in [-0.2, -0.15) is 0 Å². The number of rotatable bonds is 2. The third kappa shape index (κ3) is 1.90. The summed E-state index contributed by atoms with van der Waals surface area (Å²) in [5.41, 5.74) is 1.38. The Bertz CT molecular complexity index is 583. The highest BCUT2D eigenvalue weighted by atomic mass is 16.7. The lowest BCUT2D eigenvalue weighted by Crippen LogP contribution is -2.41. The van der Waals surface area contributed by atoms with Crippen molar-refractivity contribution in [1.29, 1.82) is 0 Å². The monoisotopic (exact) mass is 312 g/mol. The number of hydrogen-bond donors (Lipinski definition) is 0. The summed E-state index contributed by atoms with van der Waals surface area (Å²) >= 11 is 0. The first-order chi connectivity index (χ1) is 10.7. The molecule has 1 aromatic carbocycles. The van der Waals surface area contributed by atoms with Gasteiger partial charge in [0.15, 0.2) is 0 Å². The molecule has 124 valence electrons. The fourth-order valence-electron chi connectivity index (χ4n) is 5.40. The van der Waals surface area contributed by atoms with Gasteiger partial charge in [-0.15, -0.1) is 0 Å². The van der Waals surface area contributed by atoms with Crippen molar-refractivity contribution >= 4 is 7.12 Å². The lowest BCUT2D eigenvalue weighted by Gasteiger charge is -2.33. The van der Waals surface area contributed by atoms with Crippen molar-refractivity contribution in [2.45, 2.75) is 82.2 Å². The van der Waals surface area contributed by atoms with Gasteiger partial charge in [0.1, 0.15) is 0 Å². The standard InChI is InChI=1S/C20H29BO2/c1-15-19(16-9-7-6-8-10-16)11-13-20(15,14-12-19)21-22-17(2,3)18(4,5)23-21/h6-10,15H,11-14H2,1-5H3/t15-,19?,20?/m0/s1. The maximum atomic E-state index is 6.50. The largest absolute Gasteiger partial charge is 0.464 e. The molecule has 1 saturated heterocycles. The van der Waals surface area contributed by atoms with E-state index < -0.39 is 0 Å². The highest BCUT2D eigenvalue weighted by Crippen LogP contribution is 2.72. The summed E-state index contributed by atoms with van der Waals surface area (Å²) in [4.78, 5) is 0. The first-order valence-corrected chi connectivity index (χ1v) is 9.15. The summed E-state index contributed by atoms with van der Waals surface area (Å²) in [5.74, 6) is 0.604. The van der Waals surface area contributed by atoms with E-state index in [2.05, 4.69) is 65.0 Å². The third-order valence-electron chi connectivity index (χ3n) is 7.84. The molecule has 0 spiro atoms. The van der Waals surface area contributed by atoms with Crippen LogP contribution in [-0.4, -0.2) is 18.3 Å². The van der Waals surface area contributed by atoms with E-state index in [1.807, 2.05) is 0 Å². The Morgan fingerprint density at radius 3 is 1.91 bits per heavy atom. The van der Waals surface area contributed by atoms with Crippen LogP contribution in [0.2, 0.25) is 5.31 Å². The van der Waals surface area contributed by atoms with E-state index in [-0.39, 0.29) is 23.6 Å². The summed E-state index contributed by atoms with van der Waals surface area (Å²) in [6, 6.07) is 11.1. The summed E-state index contributed by atoms with van der Waals surface area (Å²) in [7, 11) is -0.0596. The Morgan fingerprint density at radius 2 is 1.39 bits per heavy atom. The second kappa shape index (κ2) is 4.64. The van der Waals surface area contributed by atoms with Crippen LogP contribution in [0.25, 0.3) is 0 Å². The number of hydrogen-bond acceptors (Lipinski definition) is 2. The van der Waals surface area contributed by atoms with Crippen LogP contribution in [0, 0.1) is 5.92 Å². The van der Waals surface area contributed by atoms with Crippen molar-refractivity contribution in [3.8, 4) is 0 Å². The summed E-state index contributed by atoms with van der Waals surface area (Å²) < 4.78 is 13.0. The minimum atomic E-state index is -0.229. The maximum Gasteiger partial charge on any atom is 0.464 e. The molecule has 1 heterocycles. The van der Waals surface area contributed by atoms with E-state index in [9.17, 15) is 0 Å². The molecule has 0 unspecified atom stereocenters. The SMILES string of the molecule is C[C@@H]1C2(B3OC(C)(C)C(C)(C)O3)CCC1(c1ccccc1)CC2. The second-order valence-electron chi connectivity index (χ2n) is 9.07. The van der Waals surface area contributed by atoms with E-state index in [4.69, 9.17) is 9.31 Å². The van der Waals surface area contributed by atoms with Gasteiger partial charge in [0.25, 0.3) is 0 Å². The molecule has 3 aliphatic rings. The smallest absolute Gasteiger partial charge is 0.403 e. The molecule has 3 fully saturated rings. The zero-order valence-corrected chi connectivity index (χ0v) is 15.2. The minimum absolute atomic E-state index is 0.0596. The molecular formula is C20H29BO2. The average molecular weight is 312 g/mol. The van der Waals surface area contributed by atoms with Gasteiger partial charge in [-0.05, 0) is 70.3 Å². The van der Waals surface area contributed by atoms with Crippen LogP contribution in [0.5, 0.6) is 0 Å². The van der Waals surface area contributed by atoms with E-state index in [1.54, 1.807) is 0 Å². The lowest BCUT2D eigenvalue weighted by molar-refractivity contribution is 0.00578. The molecule has 2 bridgehead atoms. The predicted molar refractivity (Wildman–Crippen MR) is 94.5 cm³/mol. The molecule has 0 amide bonds. The van der Waals surface area contributed by atoms with Gasteiger partial charge in [0.05, 0.1) is 11.2 Å². The van der Waals surface area contributed by atoms with Crippen molar-refractivity contribution in [2.24, 2.45) is 5.92 Å². The van der Waals surface area contributed by atoms with Crippen LogP contribution in [0.15, 0.2) is 30.3 Å². The van der Waals surface area contributed by atoms with Crippen molar-refractivity contribution in [3.63, 3.8) is 0 Å². The fourth-order valence-corrected chi connectivity index (χ4v) is 5.40. The van der Waals surface area contributed by atoms with E-state index in [1.165, 1.54) is 31.2 Å². The Labute approximate surface area is 141 Å². The molecule has 0 aromatic heterocycles. The molecule has 3 heteroatoms. The third-order valence-corrected chi connectivity index (χ3v) is 7.84. The highest BCUT2D eigenvalue weighted by Gasteiger charge is 2.70. The quantitative estimate of drug-likeness (QED) is 0.717. The van der Waals surface area contributed by atoms with Crippen LogP contribution >= 0.6 is 0 Å². The topological polar surface area (TPSA) is 18.5 Å². The number of fused-ring (bicyclic) bond motifs is 2. The summed E-state index contributed by atoms with van der Waals surface area (Å²) in [6.45, 7) is 11.1. The fraction of sp³-hybridized carbons (Fsp3) is 0.700. The Kier molecular flexibility index (Phi) is 3.17. The van der Waals surface area contributed by atoms with Crippen LogP contribution in [-0.2, 0) is 14.7 Å². The Morgan fingerprint density at radius 1 is 0.870 bits per heavy atom. The number of benzene rings is 1.